The van der Waals surface area contributed by atoms with Crippen LogP contribution in [0.4, 0.5) is 0 Å². The summed E-state index contributed by atoms with van der Waals surface area (Å²) in [5, 5.41) is 20.3. The van der Waals surface area contributed by atoms with Crippen molar-refractivity contribution < 1.29 is 0 Å². The lowest BCUT2D eigenvalue weighted by atomic mass is 9.82. The number of nitriles is 1. The molecule has 7 aromatic rings. The predicted octanol–water partition coefficient (Wildman–Crippen LogP) is 16.1. The standard InChI is InChI=1S/C57H45N/c1-8-16-38(33-58)29-39(9-2)37(7)54-52-31-41-18-11-13-20-44(41)47-22-15-24-49(56(47)52)57(54)53(36(6)35(5)26-25-34(3)4)42-27-28-45-48-23-14-21-46-43-19-12-10-17-40(43)30-51(55(46)48)50(45)32-42/h8-32H,3H2,1-2,4-7H3/b16-8-,26-25-,36-35+,38-29+,39-9-,54-37+,57-53-. The maximum absolute atomic E-state index is 10.2. The van der Waals surface area contributed by atoms with Gasteiger partial charge in [-0.1, -0.05) is 134 Å². The lowest BCUT2D eigenvalue weighted by Crippen LogP contribution is -1.99. The Bertz CT molecular complexity index is 3230. The second kappa shape index (κ2) is 14.5. The molecule has 0 heterocycles. The first kappa shape index (κ1) is 36.6. The SMILES string of the molecule is C=C(C)\C=C/C(C)=C(C)/C(=C1/C(=C(C)/C(=C\C)/C=C(C#N)\C=C/C)c2cc3ccccc3c3cccc1c23)c1ccc2c(c1)-c1cc3ccccc3c3cccc-2c13. The van der Waals surface area contributed by atoms with E-state index in [2.05, 4.69) is 174 Å². The van der Waals surface area contributed by atoms with Crippen LogP contribution >= 0.6 is 0 Å². The van der Waals surface area contributed by atoms with E-state index in [0.29, 0.717) is 5.57 Å². The van der Waals surface area contributed by atoms with Gasteiger partial charge in [0.1, 0.15) is 0 Å². The molecule has 7 aromatic carbocycles. The number of allylic oxidation sites excluding steroid dienone is 15. The molecule has 0 atom stereocenters. The number of hydrogen-bond donors (Lipinski definition) is 0. The number of nitrogens with zero attached hydrogens (tertiary/aromatic N) is 1. The summed E-state index contributed by atoms with van der Waals surface area (Å²) in [7, 11) is 0. The van der Waals surface area contributed by atoms with Gasteiger partial charge in [0.25, 0.3) is 0 Å². The van der Waals surface area contributed by atoms with Gasteiger partial charge < -0.3 is 0 Å². The van der Waals surface area contributed by atoms with E-state index < -0.39 is 0 Å². The van der Waals surface area contributed by atoms with Crippen molar-refractivity contribution in [3.05, 3.63) is 208 Å². The summed E-state index contributed by atoms with van der Waals surface area (Å²) < 4.78 is 0. The van der Waals surface area contributed by atoms with Gasteiger partial charge in [0.05, 0.1) is 11.6 Å². The molecule has 9 rings (SSSR count). The highest BCUT2D eigenvalue weighted by Crippen LogP contribution is 2.56. The molecule has 0 N–H and O–H groups in total. The Hall–Kier alpha value is -7.01. The molecule has 0 amide bonds. The lowest BCUT2D eigenvalue weighted by molar-refractivity contribution is 1.36. The molecule has 2 aliphatic rings. The van der Waals surface area contributed by atoms with Crippen molar-refractivity contribution in [1.29, 1.82) is 5.26 Å². The van der Waals surface area contributed by atoms with Gasteiger partial charge in [0.15, 0.2) is 0 Å². The highest BCUT2D eigenvalue weighted by atomic mass is 14.3. The predicted molar refractivity (Wildman–Crippen MR) is 251 cm³/mol. The third-order valence-electron chi connectivity index (χ3n) is 12.2. The summed E-state index contributed by atoms with van der Waals surface area (Å²) in [4.78, 5) is 0. The zero-order valence-corrected chi connectivity index (χ0v) is 34.1. The second-order valence-electron chi connectivity index (χ2n) is 15.7. The van der Waals surface area contributed by atoms with Crippen LogP contribution in [0.3, 0.4) is 0 Å². The van der Waals surface area contributed by atoms with E-state index in [1.807, 2.05) is 32.1 Å². The Morgan fingerprint density at radius 2 is 1.19 bits per heavy atom. The highest BCUT2D eigenvalue weighted by molar-refractivity contribution is 6.33. The van der Waals surface area contributed by atoms with Gasteiger partial charge in [-0.05, 0) is 193 Å². The minimum Gasteiger partial charge on any atom is -0.192 e. The Balaban J connectivity index is 1.43. The van der Waals surface area contributed by atoms with Crippen molar-refractivity contribution in [3.63, 3.8) is 0 Å². The quantitative estimate of drug-likeness (QED) is 0.0906. The van der Waals surface area contributed by atoms with Crippen LogP contribution in [0, 0.1) is 11.3 Å². The first-order valence-electron chi connectivity index (χ1n) is 20.2. The van der Waals surface area contributed by atoms with Crippen LogP contribution in [0.2, 0.25) is 0 Å². The molecule has 0 saturated heterocycles. The Labute approximate surface area is 342 Å². The van der Waals surface area contributed by atoms with Crippen LogP contribution in [-0.4, -0.2) is 0 Å². The van der Waals surface area contributed by atoms with Crippen LogP contribution in [0.1, 0.15) is 58.2 Å². The number of hydrogen-bond acceptors (Lipinski definition) is 1. The first-order chi connectivity index (χ1) is 28.2. The third kappa shape index (κ3) is 5.76. The third-order valence-corrected chi connectivity index (χ3v) is 12.2. The Morgan fingerprint density at radius 3 is 1.83 bits per heavy atom. The minimum atomic E-state index is 0.622. The topological polar surface area (TPSA) is 23.8 Å². The molecule has 0 saturated carbocycles. The van der Waals surface area contributed by atoms with E-state index in [1.54, 1.807) is 0 Å². The fourth-order valence-corrected chi connectivity index (χ4v) is 9.40. The van der Waals surface area contributed by atoms with E-state index in [9.17, 15) is 5.26 Å². The van der Waals surface area contributed by atoms with Crippen LogP contribution < -0.4 is 0 Å². The van der Waals surface area contributed by atoms with Crippen molar-refractivity contribution >= 4 is 59.8 Å². The van der Waals surface area contributed by atoms with Crippen molar-refractivity contribution in [1.82, 2.24) is 0 Å². The van der Waals surface area contributed by atoms with Crippen molar-refractivity contribution in [2.75, 3.05) is 0 Å². The lowest BCUT2D eigenvalue weighted by Gasteiger charge is -2.21. The summed E-state index contributed by atoms with van der Waals surface area (Å²) >= 11 is 0. The maximum atomic E-state index is 10.2. The normalized spacial score (nSPS) is 15.9. The Kier molecular flexibility index (Phi) is 9.15. The largest absolute Gasteiger partial charge is 0.192 e. The van der Waals surface area contributed by atoms with Crippen LogP contribution in [0.15, 0.2) is 192 Å². The maximum Gasteiger partial charge on any atom is 0.0991 e. The zero-order valence-electron chi connectivity index (χ0n) is 34.1. The van der Waals surface area contributed by atoms with E-state index in [-0.39, 0.29) is 0 Å². The van der Waals surface area contributed by atoms with E-state index in [0.717, 1.165) is 16.7 Å². The average molecular weight is 744 g/mol. The van der Waals surface area contributed by atoms with Crippen LogP contribution in [0.5, 0.6) is 0 Å². The summed E-state index contributed by atoms with van der Waals surface area (Å²) in [6.45, 7) is 17.0. The van der Waals surface area contributed by atoms with Crippen molar-refractivity contribution in [2.45, 2.75) is 41.5 Å². The van der Waals surface area contributed by atoms with Gasteiger partial charge >= 0.3 is 0 Å². The van der Waals surface area contributed by atoms with Crippen molar-refractivity contribution in [2.24, 2.45) is 0 Å². The molecule has 0 fully saturated rings. The number of rotatable bonds is 7. The molecule has 0 bridgehead atoms. The van der Waals surface area contributed by atoms with E-state index >= 15 is 0 Å². The van der Waals surface area contributed by atoms with Gasteiger partial charge in [0.2, 0.25) is 0 Å². The monoisotopic (exact) mass is 743 g/mol. The second-order valence-corrected chi connectivity index (χ2v) is 15.7. The molecule has 1 heteroatoms. The molecule has 0 spiro atoms. The molecular formula is C57H45N. The highest BCUT2D eigenvalue weighted by Gasteiger charge is 2.32. The Morgan fingerprint density at radius 1 is 0.569 bits per heavy atom. The molecular weight excluding hydrogens is 699 g/mol. The summed E-state index contributed by atoms with van der Waals surface area (Å²) in [6, 6.07) is 45.4. The molecule has 58 heavy (non-hydrogen) atoms. The average Bonchev–Trinajstić information content (AvgIpc) is 3.74. The molecule has 0 unspecified atom stereocenters. The minimum absolute atomic E-state index is 0.622. The van der Waals surface area contributed by atoms with Gasteiger partial charge in [-0.25, -0.2) is 0 Å². The molecule has 0 aromatic heterocycles. The van der Waals surface area contributed by atoms with Crippen LogP contribution in [-0.2, 0) is 0 Å². The summed E-state index contributed by atoms with van der Waals surface area (Å²) in [6.07, 6.45) is 12.3. The molecule has 278 valence electrons. The molecule has 2 aliphatic carbocycles. The number of fused-ring (bicyclic) bond motifs is 7. The van der Waals surface area contributed by atoms with Gasteiger partial charge in [-0.15, -0.1) is 0 Å². The van der Waals surface area contributed by atoms with Crippen LogP contribution in [0.25, 0.3) is 82.1 Å². The number of benzene rings is 7. The van der Waals surface area contributed by atoms with Crippen molar-refractivity contribution in [3.8, 4) is 28.3 Å². The molecule has 0 radical (unpaired) electrons. The molecule has 1 nitrogen and oxygen atoms in total. The van der Waals surface area contributed by atoms with E-state index in [1.165, 1.54) is 110 Å². The fourth-order valence-electron chi connectivity index (χ4n) is 9.40. The smallest absolute Gasteiger partial charge is 0.0991 e. The van der Waals surface area contributed by atoms with Gasteiger partial charge in [0, 0.05) is 0 Å². The fraction of sp³-hybridized carbons (Fsp3) is 0.105. The summed E-state index contributed by atoms with van der Waals surface area (Å²) in [5.74, 6) is 0. The first-order valence-corrected chi connectivity index (χ1v) is 20.2. The molecule has 0 aliphatic heterocycles. The zero-order chi connectivity index (χ0) is 40.2. The van der Waals surface area contributed by atoms with E-state index in [4.69, 9.17) is 0 Å². The van der Waals surface area contributed by atoms with Gasteiger partial charge in [-0.3, -0.25) is 0 Å². The summed E-state index contributed by atoms with van der Waals surface area (Å²) in [5.41, 5.74) is 18.5. The van der Waals surface area contributed by atoms with Gasteiger partial charge in [-0.2, -0.15) is 5.26 Å².